The Morgan fingerprint density at radius 2 is 2.12 bits per heavy atom. The highest BCUT2D eigenvalue weighted by molar-refractivity contribution is 5.96. The molecule has 0 saturated carbocycles. The first-order valence-electron chi connectivity index (χ1n) is 8.35. The highest BCUT2D eigenvalue weighted by atomic mass is 19.1. The van der Waals surface area contributed by atoms with Crippen molar-refractivity contribution in [3.05, 3.63) is 76.7 Å². The van der Waals surface area contributed by atoms with E-state index in [9.17, 15) is 9.18 Å². The van der Waals surface area contributed by atoms with Crippen molar-refractivity contribution < 1.29 is 9.18 Å². The molecule has 126 valence electrons. The van der Waals surface area contributed by atoms with Crippen molar-refractivity contribution >= 4 is 16.8 Å². The van der Waals surface area contributed by atoms with Crippen LogP contribution in [0.1, 0.15) is 27.0 Å². The third-order valence-electron chi connectivity index (χ3n) is 4.60. The van der Waals surface area contributed by atoms with E-state index in [2.05, 4.69) is 15.6 Å². The Hall–Kier alpha value is -2.79. The van der Waals surface area contributed by atoms with Crippen molar-refractivity contribution in [2.24, 2.45) is 0 Å². The third kappa shape index (κ3) is 3.10. The second kappa shape index (κ2) is 6.61. The quantitative estimate of drug-likeness (QED) is 0.774. The maximum Gasteiger partial charge on any atom is 0.251 e. The first-order valence-corrected chi connectivity index (χ1v) is 8.35. The molecule has 0 fully saturated rings. The van der Waals surface area contributed by atoms with Gasteiger partial charge < -0.3 is 10.6 Å². The summed E-state index contributed by atoms with van der Waals surface area (Å²) in [6.45, 7) is 1.78. The maximum atomic E-state index is 13.9. The predicted molar refractivity (Wildman–Crippen MR) is 94.7 cm³/mol. The van der Waals surface area contributed by atoms with Crippen molar-refractivity contribution in [2.45, 2.75) is 19.5 Å². The molecule has 1 aromatic heterocycles. The number of rotatable bonds is 3. The Labute approximate surface area is 145 Å². The third-order valence-corrected chi connectivity index (χ3v) is 4.60. The van der Waals surface area contributed by atoms with Crippen LogP contribution in [0, 0.1) is 5.82 Å². The lowest BCUT2D eigenvalue weighted by atomic mass is 9.94. The summed E-state index contributed by atoms with van der Waals surface area (Å²) in [5.74, 6) is -0.611. The van der Waals surface area contributed by atoms with Crippen molar-refractivity contribution in [2.75, 3.05) is 6.54 Å². The summed E-state index contributed by atoms with van der Waals surface area (Å²) in [5, 5.41) is 7.15. The standard InChI is InChI=1S/C20H18FN3O/c21-15-9-14-11-22-7-6-16(14)18(10-15)20(25)24-12-13-5-8-23-19-4-2-1-3-17(13)19/h1-5,8-10,22H,6-7,11-12H2,(H,24,25). The molecule has 2 aromatic carbocycles. The predicted octanol–water partition coefficient (Wildman–Crippen LogP) is 2.95. The van der Waals surface area contributed by atoms with Gasteiger partial charge in [0.2, 0.25) is 0 Å². The molecule has 0 aliphatic carbocycles. The molecular weight excluding hydrogens is 317 g/mol. The number of hydrogen-bond donors (Lipinski definition) is 2. The van der Waals surface area contributed by atoms with Crippen LogP contribution in [0.2, 0.25) is 0 Å². The molecule has 5 heteroatoms. The van der Waals surface area contributed by atoms with E-state index in [-0.39, 0.29) is 11.7 Å². The van der Waals surface area contributed by atoms with E-state index in [1.165, 1.54) is 12.1 Å². The molecule has 25 heavy (non-hydrogen) atoms. The van der Waals surface area contributed by atoms with Crippen LogP contribution in [-0.2, 0) is 19.5 Å². The normalized spacial score (nSPS) is 13.5. The summed E-state index contributed by atoms with van der Waals surface area (Å²) in [6, 6.07) is 12.6. The van der Waals surface area contributed by atoms with E-state index in [1.807, 2.05) is 30.3 Å². The molecule has 0 unspecified atom stereocenters. The zero-order valence-corrected chi connectivity index (χ0v) is 13.7. The van der Waals surface area contributed by atoms with Crippen LogP contribution < -0.4 is 10.6 Å². The van der Waals surface area contributed by atoms with Crippen molar-refractivity contribution in [1.82, 2.24) is 15.6 Å². The minimum Gasteiger partial charge on any atom is -0.348 e. The molecule has 3 aromatic rings. The number of carbonyl (C=O) groups is 1. The van der Waals surface area contributed by atoms with E-state index in [0.717, 1.165) is 40.6 Å². The van der Waals surface area contributed by atoms with Crippen LogP contribution in [0.5, 0.6) is 0 Å². The minimum absolute atomic E-state index is 0.237. The number of aromatic nitrogens is 1. The van der Waals surface area contributed by atoms with Crippen molar-refractivity contribution in [3.8, 4) is 0 Å². The average Bonchev–Trinajstić information content (AvgIpc) is 2.65. The molecule has 2 N–H and O–H groups in total. The summed E-state index contributed by atoms with van der Waals surface area (Å²) in [4.78, 5) is 17.0. The van der Waals surface area contributed by atoms with Gasteiger partial charge in [-0.15, -0.1) is 0 Å². The number of halogens is 1. The van der Waals surface area contributed by atoms with Crippen LogP contribution in [0.15, 0.2) is 48.7 Å². The Morgan fingerprint density at radius 3 is 3.04 bits per heavy atom. The van der Waals surface area contributed by atoms with Crippen LogP contribution in [0.25, 0.3) is 10.9 Å². The molecule has 4 nitrogen and oxygen atoms in total. The van der Waals surface area contributed by atoms with Gasteiger partial charge in [0, 0.05) is 30.2 Å². The second-order valence-corrected chi connectivity index (χ2v) is 6.19. The van der Waals surface area contributed by atoms with E-state index in [0.29, 0.717) is 18.7 Å². The number of carbonyl (C=O) groups excluding carboxylic acids is 1. The topological polar surface area (TPSA) is 54.0 Å². The van der Waals surface area contributed by atoms with Crippen LogP contribution in [0.3, 0.4) is 0 Å². The molecule has 0 bridgehead atoms. The van der Waals surface area contributed by atoms with Gasteiger partial charge >= 0.3 is 0 Å². The number of nitrogens with zero attached hydrogens (tertiary/aromatic N) is 1. The number of pyridine rings is 1. The lowest BCUT2D eigenvalue weighted by Crippen LogP contribution is -2.29. The van der Waals surface area contributed by atoms with Gasteiger partial charge in [0.25, 0.3) is 5.91 Å². The average molecular weight is 335 g/mol. The zero-order valence-electron chi connectivity index (χ0n) is 13.7. The Balaban J connectivity index is 1.60. The largest absolute Gasteiger partial charge is 0.348 e. The van der Waals surface area contributed by atoms with Gasteiger partial charge in [0.1, 0.15) is 5.82 Å². The van der Waals surface area contributed by atoms with Gasteiger partial charge in [-0.1, -0.05) is 18.2 Å². The number of hydrogen-bond acceptors (Lipinski definition) is 3. The maximum absolute atomic E-state index is 13.9. The van der Waals surface area contributed by atoms with Crippen LogP contribution in [-0.4, -0.2) is 17.4 Å². The number of benzene rings is 2. The second-order valence-electron chi connectivity index (χ2n) is 6.19. The number of fused-ring (bicyclic) bond motifs is 2. The summed E-state index contributed by atoms with van der Waals surface area (Å²) in [7, 11) is 0. The Bertz CT molecular complexity index is 950. The summed E-state index contributed by atoms with van der Waals surface area (Å²) in [6.07, 6.45) is 2.47. The van der Waals surface area contributed by atoms with Crippen LogP contribution >= 0.6 is 0 Å². The molecule has 2 heterocycles. The Kier molecular flexibility index (Phi) is 4.15. The fraction of sp³-hybridized carbons (Fsp3) is 0.200. The molecular formula is C20H18FN3O. The first kappa shape index (κ1) is 15.7. The van der Waals surface area contributed by atoms with Gasteiger partial charge in [-0.3, -0.25) is 9.78 Å². The Morgan fingerprint density at radius 1 is 1.24 bits per heavy atom. The van der Waals surface area contributed by atoms with E-state index in [4.69, 9.17) is 0 Å². The smallest absolute Gasteiger partial charge is 0.251 e. The SMILES string of the molecule is O=C(NCc1ccnc2ccccc12)c1cc(F)cc2c1CCNC2. The lowest BCUT2D eigenvalue weighted by Gasteiger charge is -2.20. The molecule has 1 aliphatic heterocycles. The van der Waals surface area contributed by atoms with E-state index >= 15 is 0 Å². The van der Waals surface area contributed by atoms with Gasteiger partial charge in [0.15, 0.2) is 0 Å². The molecule has 1 aliphatic rings. The number of nitrogens with one attached hydrogen (secondary N) is 2. The number of para-hydroxylation sites is 1. The van der Waals surface area contributed by atoms with E-state index in [1.54, 1.807) is 6.20 Å². The lowest BCUT2D eigenvalue weighted by molar-refractivity contribution is 0.0949. The monoisotopic (exact) mass is 335 g/mol. The zero-order chi connectivity index (χ0) is 17.2. The minimum atomic E-state index is -0.373. The first-order chi connectivity index (χ1) is 12.2. The molecule has 0 atom stereocenters. The fourth-order valence-electron chi connectivity index (χ4n) is 3.37. The molecule has 1 amide bonds. The molecule has 0 saturated heterocycles. The highest BCUT2D eigenvalue weighted by Crippen LogP contribution is 2.21. The van der Waals surface area contributed by atoms with Crippen molar-refractivity contribution in [3.63, 3.8) is 0 Å². The summed E-state index contributed by atoms with van der Waals surface area (Å²) >= 11 is 0. The van der Waals surface area contributed by atoms with Gasteiger partial charge in [-0.05, 0) is 53.9 Å². The van der Waals surface area contributed by atoms with Gasteiger partial charge in [-0.2, -0.15) is 0 Å². The summed E-state index contributed by atoms with van der Waals surface area (Å²) < 4.78 is 13.9. The number of amides is 1. The van der Waals surface area contributed by atoms with Gasteiger partial charge in [0.05, 0.1) is 5.52 Å². The fourth-order valence-corrected chi connectivity index (χ4v) is 3.37. The molecule has 0 spiro atoms. The highest BCUT2D eigenvalue weighted by Gasteiger charge is 2.19. The van der Waals surface area contributed by atoms with Gasteiger partial charge in [-0.25, -0.2) is 4.39 Å². The molecule has 4 rings (SSSR count). The van der Waals surface area contributed by atoms with Crippen molar-refractivity contribution in [1.29, 1.82) is 0 Å². The summed E-state index contributed by atoms with van der Waals surface area (Å²) in [5.41, 5.74) is 4.13. The molecule has 0 radical (unpaired) electrons. The van der Waals surface area contributed by atoms with E-state index < -0.39 is 0 Å². The van der Waals surface area contributed by atoms with Crippen LogP contribution in [0.4, 0.5) is 4.39 Å².